The van der Waals surface area contributed by atoms with Crippen LogP contribution in [-0.2, 0) is 16.6 Å². The van der Waals surface area contributed by atoms with E-state index < -0.39 is 10.0 Å². The van der Waals surface area contributed by atoms with Crippen LogP contribution in [0.15, 0.2) is 12.4 Å². The summed E-state index contributed by atoms with van der Waals surface area (Å²) in [6.45, 7) is 9.13. The van der Waals surface area contributed by atoms with Crippen LogP contribution in [0.25, 0.3) is 0 Å². The largest absolute Gasteiger partial charge is 0.333 e. The minimum atomic E-state index is -3.09. The van der Waals surface area contributed by atoms with Crippen molar-refractivity contribution in [2.75, 3.05) is 32.7 Å². The summed E-state index contributed by atoms with van der Waals surface area (Å²) in [6.07, 6.45) is 8.91. The van der Waals surface area contributed by atoms with Gasteiger partial charge in [-0.1, -0.05) is 33.1 Å². The van der Waals surface area contributed by atoms with E-state index in [2.05, 4.69) is 28.3 Å². The van der Waals surface area contributed by atoms with Crippen molar-refractivity contribution in [1.29, 1.82) is 0 Å². The zero-order valence-corrected chi connectivity index (χ0v) is 16.4. The van der Waals surface area contributed by atoms with Gasteiger partial charge in [-0.3, -0.25) is 4.90 Å². The first-order valence-corrected chi connectivity index (χ1v) is 11.2. The lowest BCUT2D eigenvalue weighted by molar-refractivity contribution is 0.180. The molecule has 7 heteroatoms. The van der Waals surface area contributed by atoms with Gasteiger partial charge in [0.05, 0.1) is 5.25 Å². The summed E-state index contributed by atoms with van der Waals surface area (Å²) < 4.78 is 29.6. The van der Waals surface area contributed by atoms with Crippen molar-refractivity contribution >= 4 is 10.0 Å². The predicted octanol–water partition coefficient (Wildman–Crippen LogP) is 2.29. The summed E-state index contributed by atoms with van der Waals surface area (Å²) in [7, 11) is -3.09. The molecule has 0 N–H and O–H groups in total. The molecule has 0 amide bonds. The number of hydrogen-bond acceptors (Lipinski definition) is 4. The van der Waals surface area contributed by atoms with Crippen molar-refractivity contribution < 1.29 is 8.42 Å². The van der Waals surface area contributed by atoms with E-state index in [1.807, 2.05) is 12.4 Å². The number of piperazine rings is 1. The van der Waals surface area contributed by atoms with Crippen LogP contribution in [0.3, 0.4) is 0 Å². The molecule has 2 heterocycles. The highest BCUT2D eigenvalue weighted by Gasteiger charge is 2.34. The number of aromatic nitrogens is 2. The Kier molecular flexibility index (Phi) is 6.17. The molecule has 2 fully saturated rings. The Hall–Kier alpha value is -0.920. The molecule has 25 heavy (non-hydrogen) atoms. The first-order chi connectivity index (χ1) is 12.0. The maximum absolute atomic E-state index is 12.8. The molecular weight excluding hydrogens is 336 g/mol. The molecule has 1 aromatic heterocycles. The average molecular weight is 369 g/mol. The van der Waals surface area contributed by atoms with E-state index in [0.717, 1.165) is 57.7 Å². The van der Waals surface area contributed by atoms with E-state index in [0.29, 0.717) is 19.0 Å². The topological polar surface area (TPSA) is 58.4 Å². The third kappa shape index (κ3) is 4.44. The Morgan fingerprint density at radius 2 is 1.76 bits per heavy atom. The molecule has 0 radical (unpaired) electrons. The molecule has 0 atom stereocenters. The van der Waals surface area contributed by atoms with Gasteiger partial charge in [-0.05, 0) is 12.8 Å². The fourth-order valence-electron chi connectivity index (χ4n) is 4.04. The average Bonchev–Trinajstić information content (AvgIpc) is 3.10. The van der Waals surface area contributed by atoms with Crippen LogP contribution < -0.4 is 0 Å². The van der Waals surface area contributed by atoms with Gasteiger partial charge in [0.2, 0.25) is 10.0 Å². The first-order valence-electron chi connectivity index (χ1n) is 9.71. The molecule has 2 aliphatic rings. The van der Waals surface area contributed by atoms with Crippen LogP contribution in [0.4, 0.5) is 0 Å². The Labute approximate surface area is 152 Å². The number of imidazole rings is 1. The van der Waals surface area contributed by atoms with Crippen LogP contribution >= 0.6 is 0 Å². The van der Waals surface area contributed by atoms with Crippen molar-refractivity contribution in [3.05, 3.63) is 18.2 Å². The second-order valence-corrected chi connectivity index (χ2v) is 9.89. The third-order valence-corrected chi connectivity index (χ3v) is 7.98. The van der Waals surface area contributed by atoms with Gasteiger partial charge in [0.15, 0.2) is 0 Å². The molecule has 6 nitrogen and oxygen atoms in total. The molecule has 0 bridgehead atoms. The molecule has 0 aromatic carbocycles. The van der Waals surface area contributed by atoms with Gasteiger partial charge >= 0.3 is 0 Å². The summed E-state index contributed by atoms with van der Waals surface area (Å²) in [5.74, 6) is 1.55. The Balaban J connectivity index is 1.49. The van der Waals surface area contributed by atoms with E-state index in [4.69, 9.17) is 0 Å². The lowest BCUT2D eigenvalue weighted by Crippen LogP contribution is -2.51. The first kappa shape index (κ1) is 18.9. The van der Waals surface area contributed by atoms with Gasteiger partial charge in [-0.25, -0.2) is 13.4 Å². The summed E-state index contributed by atoms with van der Waals surface area (Å²) in [6, 6.07) is 0. The standard InChI is InChI=1S/C18H32N4O2S/c1-16(2)18-19-8-9-21(18)13-10-20-11-14-22(15-12-20)25(23,24)17-6-4-3-5-7-17/h8-9,16-17H,3-7,10-15H2,1-2H3. The Morgan fingerprint density at radius 1 is 1.08 bits per heavy atom. The minimum absolute atomic E-state index is 0.132. The van der Waals surface area contributed by atoms with Crippen molar-refractivity contribution in [2.24, 2.45) is 0 Å². The van der Waals surface area contributed by atoms with Crippen molar-refractivity contribution in [2.45, 2.75) is 63.7 Å². The molecule has 0 spiro atoms. The quantitative estimate of drug-likeness (QED) is 0.773. The zero-order chi connectivity index (χ0) is 17.9. The molecule has 1 aliphatic carbocycles. The maximum Gasteiger partial charge on any atom is 0.217 e. The lowest BCUT2D eigenvalue weighted by Gasteiger charge is -2.36. The van der Waals surface area contributed by atoms with E-state index >= 15 is 0 Å². The molecule has 1 saturated heterocycles. The Bertz CT molecular complexity index is 642. The highest BCUT2D eigenvalue weighted by molar-refractivity contribution is 7.89. The van der Waals surface area contributed by atoms with Gasteiger partial charge in [0.25, 0.3) is 0 Å². The van der Waals surface area contributed by atoms with Crippen LogP contribution in [0.1, 0.15) is 57.7 Å². The van der Waals surface area contributed by atoms with Crippen LogP contribution in [0.2, 0.25) is 0 Å². The zero-order valence-electron chi connectivity index (χ0n) is 15.6. The van der Waals surface area contributed by atoms with Crippen molar-refractivity contribution in [1.82, 2.24) is 18.8 Å². The molecule has 1 aromatic rings. The molecule has 0 unspecified atom stereocenters. The number of hydrogen-bond donors (Lipinski definition) is 0. The normalized spacial score (nSPS) is 21.9. The second kappa shape index (κ2) is 8.18. The van der Waals surface area contributed by atoms with Crippen LogP contribution in [0, 0.1) is 0 Å². The Morgan fingerprint density at radius 3 is 2.40 bits per heavy atom. The molecule has 1 aliphatic heterocycles. The summed E-state index contributed by atoms with van der Waals surface area (Å²) in [5, 5.41) is -0.132. The van der Waals surface area contributed by atoms with Crippen LogP contribution in [0.5, 0.6) is 0 Å². The van der Waals surface area contributed by atoms with E-state index in [1.165, 1.54) is 6.42 Å². The summed E-state index contributed by atoms with van der Waals surface area (Å²) >= 11 is 0. The van der Waals surface area contributed by atoms with Gasteiger partial charge in [0, 0.05) is 57.6 Å². The SMILES string of the molecule is CC(C)c1nccn1CCN1CCN(S(=O)(=O)C2CCCCC2)CC1. The van der Waals surface area contributed by atoms with E-state index in [-0.39, 0.29) is 5.25 Å². The highest BCUT2D eigenvalue weighted by atomic mass is 32.2. The van der Waals surface area contributed by atoms with Crippen molar-refractivity contribution in [3.8, 4) is 0 Å². The van der Waals surface area contributed by atoms with Crippen LogP contribution in [-0.4, -0.2) is 65.1 Å². The fraction of sp³-hybridized carbons (Fsp3) is 0.833. The monoisotopic (exact) mass is 368 g/mol. The third-order valence-electron chi connectivity index (χ3n) is 5.59. The van der Waals surface area contributed by atoms with E-state index in [1.54, 1.807) is 4.31 Å². The second-order valence-electron chi connectivity index (χ2n) is 7.68. The molecule has 3 rings (SSSR count). The summed E-state index contributed by atoms with van der Waals surface area (Å²) in [5.41, 5.74) is 0. The molecular formula is C18H32N4O2S. The minimum Gasteiger partial charge on any atom is -0.333 e. The van der Waals surface area contributed by atoms with Gasteiger partial charge in [-0.15, -0.1) is 0 Å². The van der Waals surface area contributed by atoms with Crippen molar-refractivity contribution in [3.63, 3.8) is 0 Å². The molecule has 142 valence electrons. The predicted molar refractivity (Wildman–Crippen MR) is 100 cm³/mol. The van der Waals surface area contributed by atoms with Gasteiger partial charge < -0.3 is 4.57 Å². The number of rotatable bonds is 6. The van der Waals surface area contributed by atoms with Gasteiger partial charge in [0.1, 0.15) is 5.82 Å². The fourth-order valence-corrected chi connectivity index (χ4v) is 6.06. The highest BCUT2D eigenvalue weighted by Crippen LogP contribution is 2.26. The smallest absolute Gasteiger partial charge is 0.217 e. The van der Waals surface area contributed by atoms with E-state index in [9.17, 15) is 8.42 Å². The van der Waals surface area contributed by atoms with Gasteiger partial charge in [-0.2, -0.15) is 4.31 Å². The lowest BCUT2D eigenvalue weighted by atomic mass is 10.0. The molecule has 1 saturated carbocycles. The number of nitrogens with zero attached hydrogens (tertiary/aromatic N) is 4. The number of sulfonamides is 1. The summed E-state index contributed by atoms with van der Waals surface area (Å²) in [4.78, 5) is 6.80. The maximum atomic E-state index is 12.8.